The molecule has 1 saturated heterocycles. The minimum Gasteiger partial charge on any atom is -0.480 e. The average Bonchev–Trinajstić information content (AvgIpc) is 3.11. The van der Waals surface area contributed by atoms with E-state index >= 15 is 0 Å². The van der Waals surface area contributed by atoms with Gasteiger partial charge in [0.2, 0.25) is 11.8 Å². The van der Waals surface area contributed by atoms with Gasteiger partial charge in [-0.05, 0) is 18.1 Å². The summed E-state index contributed by atoms with van der Waals surface area (Å²) in [5.41, 5.74) is 1.75. The summed E-state index contributed by atoms with van der Waals surface area (Å²) in [4.78, 5) is 39.9. The van der Waals surface area contributed by atoms with Gasteiger partial charge >= 0.3 is 5.97 Å². The summed E-state index contributed by atoms with van der Waals surface area (Å²) in [5, 5.41) is 13.0. The van der Waals surface area contributed by atoms with E-state index in [9.17, 15) is 19.5 Å². The summed E-state index contributed by atoms with van der Waals surface area (Å²) in [6.45, 7) is 0. The van der Waals surface area contributed by atoms with E-state index in [0.29, 0.717) is 12.8 Å². The second-order valence-electron chi connectivity index (χ2n) is 6.02. The Labute approximate surface area is 138 Å². The molecule has 2 heterocycles. The number of aromatic nitrogens is 1. The number of likely N-dealkylation sites (N-methyl/N-ethyl adjacent to an activating group) is 1. The lowest BCUT2D eigenvalue weighted by Crippen LogP contribution is -2.50. The molecule has 0 saturated carbocycles. The van der Waals surface area contributed by atoms with Crippen molar-refractivity contribution in [3.05, 3.63) is 36.0 Å². The smallest absolute Gasteiger partial charge is 0.326 e. The zero-order chi connectivity index (χ0) is 17.3. The fraction of sp³-hybridized carbons (Fsp3) is 0.353. The Kier molecular flexibility index (Phi) is 4.24. The molecule has 126 valence electrons. The van der Waals surface area contributed by atoms with Gasteiger partial charge in [-0.2, -0.15) is 0 Å². The van der Waals surface area contributed by atoms with Crippen molar-refractivity contribution in [2.75, 3.05) is 7.05 Å². The number of likely N-dealkylation sites (tertiary alicyclic amines) is 1. The van der Waals surface area contributed by atoms with E-state index in [2.05, 4.69) is 10.3 Å². The maximum atomic E-state index is 12.3. The molecule has 0 aliphatic carbocycles. The normalized spacial score (nSPS) is 18.8. The van der Waals surface area contributed by atoms with Gasteiger partial charge in [-0.3, -0.25) is 9.59 Å². The van der Waals surface area contributed by atoms with Gasteiger partial charge in [0.15, 0.2) is 0 Å². The van der Waals surface area contributed by atoms with Gasteiger partial charge in [-0.15, -0.1) is 0 Å². The lowest BCUT2D eigenvalue weighted by atomic mass is 10.0. The maximum absolute atomic E-state index is 12.3. The van der Waals surface area contributed by atoms with Crippen LogP contribution in [0.4, 0.5) is 0 Å². The molecular formula is C17H19N3O4. The monoisotopic (exact) mass is 329 g/mol. The number of benzene rings is 1. The van der Waals surface area contributed by atoms with Crippen LogP contribution in [0, 0.1) is 0 Å². The summed E-state index contributed by atoms with van der Waals surface area (Å²) in [6.07, 6.45) is 2.67. The molecule has 1 aliphatic rings. The summed E-state index contributed by atoms with van der Waals surface area (Å²) >= 11 is 0. The van der Waals surface area contributed by atoms with E-state index in [1.807, 2.05) is 24.3 Å². The molecule has 0 spiro atoms. The van der Waals surface area contributed by atoms with E-state index in [0.717, 1.165) is 16.5 Å². The van der Waals surface area contributed by atoms with Crippen molar-refractivity contribution in [3.63, 3.8) is 0 Å². The number of fused-ring (bicyclic) bond motifs is 1. The molecule has 2 atom stereocenters. The first-order valence-corrected chi connectivity index (χ1v) is 7.81. The highest BCUT2D eigenvalue weighted by Gasteiger charge is 2.35. The standard InChI is InChI=1S/C17H19N3O4/c1-20-14(6-7-15(20)21)16(22)19-13(17(23)24)8-10-9-18-12-5-3-2-4-11(10)12/h2-5,9,13-14,18H,6-8H2,1H3,(H,19,22)(H,23,24)/t13?,14-/m1/s1. The molecule has 0 bridgehead atoms. The first-order valence-electron chi connectivity index (χ1n) is 7.81. The van der Waals surface area contributed by atoms with Crippen LogP contribution in [0.15, 0.2) is 30.5 Å². The lowest BCUT2D eigenvalue weighted by Gasteiger charge is -2.22. The maximum Gasteiger partial charge on any atom is 0.326 e. The largest absolute Gasteiger partial charge is 0.480 e. The van der Waals surface area contributed by atoms with Crippen LogP contribution in [-0.2, 0) is 20.8 Å². The third kappa shape index (κ3) is 2.97. The summed E-state index contributed by atoms with van der Waals surface area (Å²) in [6, 6.07) is 5.96. The molecule has 24 heavy (non-hydrogen) atoms. The van der Waals surface area contributed by atoms with Gasteiger partial charge in [-0.25, -0.2) is 4.79 Å². The molecule has 0 radical (unpaired) electrons. The number of carbonyl (C=O) groups excluding carboxylic acids is 2. The number of nitrogens with one attached hydrogen (secondary N) is 2. The zero-order valence-corrected chi connectivity index (χ0v) is 13.3. The van der Waals surface area contributed by atoms with Crippen LogP contribution in [0.3, 0.4) is 0 Å². The molecule has 1 aliphatic heterocycles. The predicted octanol–water partition coefficient (Wildman–Crippen LogP) is 0.901. The van der Waals surface area contributed by atoms with Crippen molar-refractivity contribution in [2.45, 2.75) is 31.3 Å². The van der Waals surface area contributed by atoms with Crippen molar-refractivity contribution in [3.8, 4) is 0 Å². The number of carboxylic acids is 1. The van der Waals surface area contributed by atoms with Crippen LogP contribution in [0.2, 0.25) is 0 Å². The molecule has 1 fully saturated rings. The Morgan fingerprint density at radius 2 is 2.17 bits per heavy atom. The number of hydrogen-bond donors (Lipinski definition) is 3. The summed E-state index contributed by atoms with van der Waals surface area (Å²) in [7, 11) is 1.56. The van der Waals surface area contributed by atoms with Crippen LogP contribution >= 0.6 is 0 Å². The second kappa shape index (κ2) is 6.35. The SMILES string of the molecule is CN1C(=O)CC[C@@H]1C(=O)NC(Cc1c[nH]c2ccccc12)C(=O)O. The molecule has 1 aromatic heterocycles. The molecular weight excluding hydrogens is 310 g/mol. The molecule has 1 unspecified atom stereocenters. The lowest BCUT2D eigenvalue weighted by molar-refractivity contribution is -0.142. The van der Waals surface area contributed by atoms with Gasteiger partial charge < -0.3 is 20.3 Å². The second-order valence-corrected chi connectivity index (χ2v) is 6.02. The highest BCUT2D eigenvalue weighted by molar-refractivity contribution is 5.93. The Hall–Kier alpha value is -2.83. The fourth-order valence-electron chi connectivity index (χ4n) is 3.10. The summed E-state index contributed by atoms with van der Waals surface area (Å²) < 4.78 is 0. The van der Waals surface area contributed by atoms with Gasteiger partial charge in [0, 0.05) is 37.0 Å². The number of para-hydroxylation sites is 1. The van der Waals surface area contributed by atoms with Crippen molar-refractivity contribution >= 4 is 28.7 Å². The molecule has 1 aromatic carbocycles. The van der Waals surface area contributed by atoms with Crippen molar-refractivity contribution in [1.29, 1.82) is 0 Å². The van der Waals surface area contributed by atoms with Crippen LogP contribution in [0.1, 0.15) is 18.4 Å². The summed E-state index contributed by atoms with van der Waals surface area (Å²) in [5.74, 6) is -1.62. The molecule has 2 aromatic rings. The van der Waals surface area contributed by atoms with Gasteiger partial charge in [0.25, 0.3) is 0 Å². The third-order valence-electron chi connectivity index (χ3n) is 4.51. The third-order valence-corrected chi connectivity index (χ3v) is 4.51. The van der Waals surface area contributed by atoms with Crippen molar-refractivity contribution in [1.82, 2.24) is 15.2 Å². The molecule has 7 nitrogen and oxygen atoms in total. The minimum atomic E-state index is -1.10. The first kappa shape index (κ1) is 16.0. The van der Waals surface area contributed by atoms with Crippen LogP contribution in [-0.4, -0.2) is 51.9 Å². The molecule has 3 N–H and O–H groups in total. The van der Waals surface area contributed by atoms with Crippen LogP contribution < -0.4 is 5.32 Å². The molecule has 7 heteroatoms. The van der Waals surface area contributed by atoms with E-state index < -0.39 is 24.0 Å². The predicted molar refractivity (Wildman–Crippen MR) is 87.4 cm³/mol. The topological polar surface area (TPSA) is 103 Å². The number of aliphatic carboxylic acids is 1. The Morgan fingerprint density at radius 3 is 2.83 bits per heavy atom. The number of rotatable bonds is 5. The zero-order valence-electron chi connectivity index (χ0n) is 13.3. The van der Waals surface area contributed by atoms with Gasteiger partial charge in [0.1, 0.15) is 12.1 Å². The van der Waals surface area contributed by atoms with E-state index in [4.69, 9.17) is 0 Å². The quantitative estimate of drug-likeness (QED) is 0.758. The number of carbonyl (C=O) groups is 3. The Balaban J connectivity index is 1.75. The fourth-order valence-corrected chi connectivity index (χ4v) is 3.10. The van der Waals surface area contributed by atoms with E-state index in [-0.39, 0.29) is 12.3 Å². The number of carboxylic acid groups (broad SMARTS) is 1. The molecule has 2 amide bonds. The van der Waals surface area contributed by atoms with Crippen LogP contribution in [0.5, 0.6) is 0 Å². The number of aromatic amines is 1. The highest BCUT2D eigenvalue weighted by atomic mass is 16.4. The minimum absolute atomic E-state index is 0.0985. The van der Waals surface area contributed by atoms with Crippen LogP contribution in [0.25, 0.3) is 10.9 Å². The van der Waals surface area contributed by atoms with E-state index in [1.165, 1.54) is 4.90 Å². The highest BCUT2D eigenvalue weighted by Crippen LogP contribution is 2.20. The number of H-pyrrole nitrogens is 1. The Bertz CT molecular complexity index is 798. The van der Waals surface area contributed by atoms with Gasteiger partial charge in [0.05, 0.1) is 0 Å². The van der Waals surface area contributed by atoms with Crippen molar-refractivity contribution in [2.24, 2.45) is 0 Å². The van der Waals surface area contributed by atoms with Crippen molar-refractivity contribution < 1.29 is 19.5 Å². The van der Waals surface area contributed by atoms with E-state index in [1.54, 1.807) is 13.2 Å². The Morgan fingerprint density at radius 1 is 1.42 bits per heavy atom. The molecule has 3 rings (SSSR count). The number of amides is 2. The first-order chi connectivity index (χ1) is 11.5. The average molecular weight is 329 g/mol. The number of hydrogen-bond acceptors (Lipinski definition) is 3. The number of nitrogens with zero attached hydrogens (tertiary/aromatic N) is 1. The van der Waals surface area contributed by atoms with Gasteiger partial charge in [-0.1, -0.05) is 18.2 Å².